The van der Waals surface area contributed by atoms with Crippen molar-refractivity contribution in [2.24, 2.45) is 5.92 Å². The van der Waals surface area contributed by atoms with Crippen molar-refractivity contribution in [1.82, 2.24) is 9.97 Å². The minimum Gasteiger partial charge on any atom is -0.508 e. The fraction of sp³-hybridized carbons (Fsp3) is 0.192. The predicted octanol–water partition coefficient (Wildman–Crippen LogP) is 5.12. The Hall–Kier alpha value is -4.38. The maximum absolute atomic E-state index is 13.3. The summed E-state index contributed by atoms with van der Waals surface area (Å²) < 4.78 is 34.3. The molecule has 1 aromatic heterocycles. The number of hydrogen-bond acceptors (Lipinski definition) is 8. The van der Waals surface area contributed by atoms with Gasteiger partial charge in [0.05, 0.1) is 23.0 Å². The van der Waals surface area contributed by atoms with Gasteiger partial charge in [0.2, 0.25) is 5.91 Å². The number of phenolic OH excluding ortho intramolecular Hbond substituents is 1. The zero-order valence-electron chi connectivity index (χ0n) is 19.8. The Morgan fingerprint density at radius 1 is 0.919 bits per heavy atom. The normalized spacial score (nSPS) is 11.0. The van der Waals surface area contributed by atoms with Crippen LogP contribution in [0.4, 0.5) is 23.0 Å². The van der Waals surface area contributed by atoms with Gasteiger partial charge in [-0.3, -0.25) is 9.52 Å². The third-order valence-corrected chi connectivity index (χ3v) is 6.46. The van der Waals surface area contributed by atoms with E-state index in [0.717, 1.165) is 0 Å². The maximum atomic E-state index is 13.3. The molecule has 4 aromatic rings. The average Bonchev–Trinajstić information content (AvgIpc) is 2.84. The van der Waals surface area contributed by atoms with E-state index in [1.54, 1.807) is 50.2 Å². The second kappa shape index (κ2) is 11.1. The van der Waals surface area contributed by atoms with Crippen molar-refractivity contribution in [2.45, 2.75) is 26.2 Å². The van der Waals surface area contributed by atoms with Gasteiger partial charge in [-0.05, 0) is 30.3 Å². The zero-order valence-corrected chi connectivity index (χ0v) is 20.6. The van der Waals surface area contributed by atoms with Crippen molar-refractivity contribution in [3.8, 4) is 11.5 Å². The number of amides is 1. The number of nitrogens with zero attached hydrogens (tertiary/aromatic N) is 2. The molecule has 0 aliphatic rings. The third-order valence-electron chi connectivity index (χ3n) is 5.13. The number of carbonyl (C=O) groups excluding carboxylic acids is 1. The van der Waals surface area contributed by atoms with Gasteiger partial charge in [0.15, 0.2) is 11.6 Å². The largest absolute Gasteiger partial charge is 0.508 e. The Labute approximate surface area is 215 Å². The van der Waals surface area contributed by atoms with Crippen molar-refractivity contribution in [1.29, 1.82) is 0 Å². The lowest BCUT2D eigenvalue weighted by Crippen LogP contribution is -2.19. The lowest BCUT2D eigenvalue weighted by molar-refractivity contribution is -0.118. The number of benzene rings is 3. The molecular formula is C26H29N5O5S. The van der Waals surface area contributed by atoms with Gasteiger partial charge < -0.3 is 20.5 Å². The maximum Gasteiger partial charge on any atom is 0.263 e. The highest BCUT2D eigenvalue weighted by Crippen LogP contribution is 2.31. The van der Waals surface area contributed by atoms with Crippen LogP contribution in [0.2, 0.25) is 0 Å². The van der Waals surface area contributed by atoms with E-state index in [2.05, 4.69) is 25.3 Å². The first-order chi connectivity index (χ1) is 17.1. The molecule has 0 aliphatic carbocycles. The molecule has 0 aliphatic heterocycles. The van der Waals surface area contributed by atoms with Crippen molar-refractivity contribution in [3.63, 3.8) is 0 Å². The highest BCUT2D eigenvalue weighted by molar-refractivity contribution is 7.92. The fourth-order valence-electron chi connectivity index (χ4n) is 3.28. The molecule has 0 spiro atoms. The monoisotopic (exact) mass is 523 g/mol. The summed E-state index contributed by atoms with van der Waals surface area (Å²) in [5.74, 6) is -0.0738. The van der Waals surface area contributed by atoms with Crippen LogP contribution in [0, 0.1) is 5.92 Å². The van der Waals surface area contributed by atoms with E-state index in [9.17, 15) is 18.3 Å². The number of methoxy groups -OCH3 is 1. The molecule has 4 rings (SSSR count). The van der Waals surface area contributed by atoms with Crippen LogP contribution in [0.15, 0.2) is 71.6 Å². The highest BCUT2D eigenvalue weighted by Gasteiger charge is 2.20. The van der Waals surface area contributed by atoms with E-state index in [4.69, 9.17) is 4.74 Å². The van der Waals surface area contributed by atoms with Gasteiger partial charge in [-0.15, -0.1) is 0 Å². The van der Waals surface area contributed by atoms with Crippen LogP contribution in [0.5, 0.6) is 11.5 Å². The Morgan fingerprint density at radius 3 is 2.24 bits per heavy atom. The molecule has 4 N–H and O–H groups in total. The first-order valence-electron chi connectivity index (χ1n) is 11.0. The lowest BCUT2D eigenvalue weighted by Gasteiger charge is -2.15. The standard InChI is InChI=1S/C25H25N5O5S.CH4/c1-15(2)25(32)27-16-7-6-8-20(13-16)36(33,34)30-24-23(28-21-9-4-5-10-22(21)29-24)26-17-11-18(31)14-19(12-17)35-3;/h4-15,31H,1-3H3,(H,26,28)(H,27,32)(H,29,30);1H4. The zero-order chi connectivity index (χ0) is 25.9. The van der Waals surface area contributed by atoms with Gasteiger partial charge in [-0.25, -0.2) is 18.4 Å². The Morgan fingerprint density at radius 2 is 1.59 bits per heavy atom. The molecule has 0 saturated carbocycles. The van der Waals surface area contributed by atoms with Crippen LogP contribution in [0.3, 0.4) is 0 Å². The number of aromatic hydroxyl groups is 1. The molecule has 0 unspecified atom stereocenters. The number of carbonyl (C=O) groups is 1. The molecule has 0 fully saturated rings. The Bertz CT molecular complexity index is 1540. The topological polar surface area (TPSA) is 143 Å². The first kappa shape index (κ1) is 27.2. The van der Waals surface area contributed by atoms with E-state index >= 15 is 0 Å². The molecule has 11 heteroatoms. The third kappa shape index (κ3) is 6.44. The average molecular weight is 524 g/mol. The van der Waals surface area contributed by atoms with Gasteiger partial charge in [0.25, 0.3) is 10.0 Å². The SMILES string of the molecule is C.COc1cc(O)cc(Nc2nc3ccccc3nc2NS(=O)(=O)c2cccc(NC(=O)C(C)C)c2)c1. The van der Waals surface area contributed by atoms with E-state index in [0.29, 0.717) is 28.2 Å². The molecule has 0 bridgehead atoms. The van der Waals surface area contributed by atoms with Crippen LogP contribution in [0.1, 0.15) is 21.3 Å². The summed E-state index contributed by atoms with van der Waals surface area (Å²) in [4.78, 5) is 21.0. The second-order valence-corrected chi connectivity index (χ2v) is 9.91. The number of ether oxygens (including phenoxy) is 1. The summed E-state index contributed by atoms with van der Waals surface area (Å²) in [6.45, 7) is 3.49. The van der Waals surface area contributed by atoms with Crippen LogP contribution >= 0.6 is 0 Å². The summed E-state index contributed by atoms with van der Waals surface area (Å²) in [6.07, 6.45) is 0. The number of hydrogen-bond donors (Lipinski definition) is 4. The molecule has 0 saturated heterocycles. The molecule has 1 amide bonds. The number of phenols is 1. The Kier molecular flexibility index (Phi) is 8.18. The van der Waals surface area contributed by atoms with E-state index < -0.39 is 10.0 Å². The Balaban J connectivity index is 0.00000380. The van der Waals surface area contributed by atoms with Crippen molar-refractivity contribution in [3.05, 3.63) is 66.7 Å². The number of rotatable bonds is 8. The summed E-state index contributed by atoms with van der Waals surface area (Å²) in [7, 11) is -2.65. The quantitative estimate of drug-likeness (QED) is 0.249. The summed E-state index contributed by atoms with van der Waals surface area (Å²) in [6, 6.07) is 17.4. The molecular weight excluding hydrogens is 494 g/mol. The minimum absolute atomic E-state index is 0. The number of para-hydroxylation sites is 2. The molecule has 37 heavy (non-hydrogen) atoms. The number of fused-ring (bicyclic) bond motifs is 1. The number of anilines is 4. The molecule has 0 radical (unpaired) electrons. The molecule has 194 valence electrons. The van der Waals surface area contributed by atoms with Crippen LogP contribution < -0.4 is 20.1 Å². The number of sulfonamides is 1. The van der Waals surface area contributed by atoms with Crippen molar-refractivity contribution < 1.29 is 23.1 Å². The minimum atomic E-state index is -4.11. The van der Waals surface area contributed by atoms with Gasteiger partial charge in [-0.1, -0.05) is 39.5 Å². The van der Waals surface area contributed by atoms with Gasteiger partial charge in [-0.2, -0.15) is 0 Å². The van der Waals surface area contributed by atoms with E-state index in [1.165, 1.54) is 37.4 Å². The second-order valence-electron chi connectivity index (χ2n) is 8.23. The van der Waals surface area contributed by atoms with Gasteiger partial charge in [0, 0.05) is 35.5 Å². The van der Waals surface area contributed by atoms with Crippen LogP contribution in [0.25, 0.3) is 11.0 Å². The predicted molar refractivity (Wildman–Crippen MR) is 145 cm³/mol. The molecule has 0 atom stereocenters. The van der Waals surface area contributed by atoms with Gasteiger partial charge >= 0.3 is 0 Å². The van der Waals surface area contributed by atoms with Crippen molar-refractivity contribution >= 4 is 50.0 Å². The van der Waals surface area contributed by atoms with Crippen LogP contribution in [-0.4, -0.2) is 36.5 Å². The first-order valence-corrected chi connectivity index (χ1v) is 12.5. The van der Waals surface area contributed by atoms with Gasteiger partial charge in [0.1, 0.15) is 11.5 Å². The molecule has 10 nitrogen and oxygen atoms in total. The van der Waals surface area contributed by atoms with Crippen LogP contribution in [-0.2, 0) is 14.8 Å². The molecule has 1 heterocycles. The lowest BCUT2D eigenvalue weighted by atomic mass is 10.2. The van der Waals surface area contributed by atoms with E-state index in [1.807, 2.05) is 0 Å². The summed E-state index contributed by atoms with van der Waals surface area (Å²) >= 11 is 0. The van der Waals surface area contributed by atoms with Crippen molar-refractivity contribution in [2.75, 3.05) is 22.5 Å². The number of aromatic nitrogens is 2. The summed E-state index contributed by atoms with van der Waals surface area (Å²) in [5.41, 5.74) is 1.78. The van der Waals surface area contributed by atoms with E-state index in [-0.39, 0.29) is 41.5 Å². The highest BCUT2D eigenvalue weighted by atomic mass is 32.2. The fourth-order valence-corrected chi connectivity index (χ4v) is 4.34. The smallest absolute Gasteiger partial charge is 0.263 e. The number of nitrogens with one attached hydrogen (secondary N) is 3. The summed E-state index contributed by atoms with van der Waals surface area (Å²) in [5, 5.41) is 15.7. The molecule has 3 aromatic carbocycles.